The van der Waals surface area contributed by atoms with E-state index in [0.717, 1.165) is 18.8 Å². The van der Waals surface area contributed by atoms with Crippen LogP contribution in [0.4, 0.5) is 0 Å². The molecule has 0 aliphatic heterocycles. The quantitative estimate of drug-likeness (QED) is 0.745. The first-order chi connectivity index (χ1) is 7.28. The molecule has 1 aliphatic carbocycles. The summed E-state index contributed by atoms with van der Waals surface area (Å²) in [5.41, 5.74) is 1.00. The Hall–Kier alpha value is -0.940. The van der Waals surface area contributed by atoms with Crippen LogP contribution in [-0.2, 0) is 17.8 Å². The van der Waals surface area contributed by atoms with Crippen LogP contribution in [0.25, 0.3) is 0 Å². The molecular formula is C10H18N4O. The van der Waals surface area contributed by atoms with Crippen molar-refractivity contribution in [2.75, 3.05) is 7.11 Å². The molecule has 0 spiro atoms. The maximum absolute atomic E-state index is 5.17. The van der Waals surface area contributed by atoms with Crippen LogP contribution in [0.15, 0.2) is 6.20 Å². The van der Waals surface area contributed by atoms with Crippen molar-refractivity contribution in [2.24, 2.45) is 0 Å². The van der Waals surface area contributed by atoms with E-state index in [-0.39, 0.29) is 6.10 Å². The Labute approximate surface area is 89.8 Å². The largest absolute Gasteiger partial charge is 0.380 e. The van der Waals surface area contributed by atoms with E-state index in [4.69, 9.17) is 4.74 Å². The lowest BCUT2D eigenvalue weighted by atomic mass is 10.4. The highest BCUT2D eigenvalue weighted by atomic mass is 16.5. The molecule has 1 heterocycles. The number of hydrogen-bond acceptors (Lipinski definition) is 4. The van der Waals surface area contributed by atoms with E-state index < -0.39 is 0 Å². The smallest absolute Gasteiger partial charge is 0.0964 e. The van der Waals surface area contributed by atoms with Crippen LogP contribution >= 0.6 is 0 Å². The minimum atomic E-state index is 0.177. The number of rotatable bonds is 6. The van der Waals surface area contributed by atoms with E-state index in [1.165, 1.54) is 12.8 Å². The van der Waals surface area contributed by atoms with Gasteiger partial charge < -0.3 is 10.1 Å². The van der Waals surface area contributed by atoms with Gasteiger partial charge in [0.05, 0.1) is 18.3 Å². The second-order valence-corrected chi connectivity index (χ2v) is 4.13. The summed E-state index contributed by atoms with van der Waals surface area (Å²) in [6.07, 6.45) is 4.75. The maximum Gasteiger partial charge on any atom is 0.0964 e. The molecule has 1 N–H and O–H groups in total. The zero-order chi connectivity index (χ0) is 10.7. The first-order valence-corrected chi connectivity index (χ1v) is 5.43. The van der Waals surface area contributed by atoms with E-state index in [9.17, 15) is 0 Å². The molecule has 15 heavy (non-hydrogen) atoms. The van der Waals surface area contributed by atoms with Crippen molar-refractivity contribution < 1.29 is 4.74 Å². The summed E-state index contributed by atoms with van der Waals surface area (Å²) in [5.74, 6) is 0. The zero-order valence-electron chi connectivity index (χ0n) is 9.31. The van der Waals surface area contributed by atoms with E-state index in [1.54, 1.807) is 7.11 Å². The van der Waals surface area contributed by atoms with Gasteiger partial charge in [-0.3, -0.25) is 0 Å². The molecule has 1 aromatic rings. The monoisotopic (exact) mass is 210 g/mol. The molecule has 0 aromatic carbocycles. The molecule has 5 heteroatoms. The number of nitrogens with one attached hydrogen (secondary N) is 1. The molecule has 1 aromatic heterocycles. The van der Waals surface area contributed by atoms with Crippen molar-refractivity contribution in [3.63, 3.8) is 0 Å². The highest BCUT2D eigenvalue weighted by Gasteiger charge is 2.20. The molecule has 1 unspecified atom stereocenters. The van der Waals surface area contributed by atoms with Crippen LogP contribution in [0.5, 0.6) is 0 Å². The lowest BCUT2D eigenvalue weighted by molar-refractivity contribution is 0.0993. The molecule has 1 saturated carbocycles. The number of hydrogen-bond donors (Lipinski definition) is 1. The van der Waals surface area contributed by atoms with Gasteiger partial charge in [-0.2, -0.15) is 0 Å². The summed E-state index contributed by atoms with van der Waals surface area (Å²) in [6, 6.07) is 0.716. The summed E-state index contributed by atoms with van der Waals surface area (Å²) in [5, 5.41) is 11.6. The molecular weight excluding hydrogens is 192 g/mol. The highest BCUT2D eigenvalue weighted by Crippen LogP contribution is 2.18. The van der Waals surface area contributed by atoms with Gasteiger partial charge in [-0.05, 0) is 19.8 Å². The van der Waals surface area contributed by atoms with Crippen LogP contribution in [0, 0.1) is 0 Å². The maximum atomic E-state index is 5.17. The van der Waals surface area contributed by atoms with Crippen molar-refractivity contribution in [1.29, 1.82) is 0 Å². The first-order valence-electron chi connectivity index (χ1n) is 5.43. The predicted octanol–water partition coefficient (Wildman–Crippen LogP) is 0.565. The molecule has 84 valence electrons. The van der Waals surface area contributed by atoms with Crippen molar-refractivity contribution in [3.05, 3.63) is 11.9 Å². The second kappa shape index (κ2) is 4.72. The number of aromatic nitrogens is 3. The molecule has 0 saturated heterocycles. The van der Waals surface area contributed by atoms with Crippen LogP contribution in [-0.4, -0.2) is 34.2 Å². The van der Waals surface area contributed by atoms with E-state index in [1.807, 2.05) is 17.8 Å². The molecule has 0 radical (unpaired) electrons. The van der Waals surface area contributed by atoms with Gasteiger partial charge in [-0.15, -0.1) is 5.10 Å². The van der Waals surface area contributed by atoms with Crippen molar-refractivity contribution in [3.8, 4) is 0 Å². The Morgan fingerprint density at radius 1 is 1.67 bits per heavy atom. The van der Waals surface area contributed by atoms with E-state index in [0.29, 0.717) is 6.04 Å². The van der Waals surface area contributed by atoms with Gasteiger partial charge in [0.2, 0.25) is 0 Å². The van der Waals surface area contributed by atoms with Crippen molar-refractivity contribution in [1.82, 2.24) is 20.3 Å². The fraction of sp³-hybridized carbons (Fsp3) is 0.800. The van der Waals surface area contributed by atoms with Crippen molar-refractivity contribution >= 4 is 0 Å². The number of nitrogens with zero attached hydrogens (tertiary/aromatic N) is 3. The van der Waals surface area contributed by atoms with Crippen LogP contribution in [0.3, 0.4) is 0 Å². The summed E-state index contributed by atoms with van der Waals surface area (Å²) < 4.78 is 7.00. The Balaban J connectivity index is 1.79. The van der Waals surface area contributed by atoms with Gasteiger partial charge >= 0.3 is 0 Å². The molecule has 1 fully saturated rings. The Morgan fingerprint density at radius 2 is 2.47 bits per heavy atom. The lowest BCUT2D eigenvalue weighted by Crippen LogP contribution is -2.16. The molecule has 5 nitrogen and oxygen atoms in total. The fourth-order valence-electron chi connectivity index (χ4n) is 1.38. The standard InChI is InChI=1S/C10H18N4O/c1-8(15-2)6-14-7-10(12-13-14)5-11-9-3-4-9/h7-9,11H,3-6H2,1-2H3. The topological polar surface area (TPSA) is 52.0 Å². The third-order valence-corrected chi connectivity index (χ3v) is 2.58. The second-order valence-electron chi connectivity index (χ2n) is 4.13. The van der Waals surface area contributed by atoms with Gasteiger partial charge in [-0.1, -0.05) is 5.21 Å². The summed E-state index contributed by atoms with van der Waals surface area (Å²) >= 11 is 0. The summed E-state index contributed by atoms with van der Waals surface area (Å²) in [4.78, 5) is 0. The first kappa shape index (κ1) is 10.6. The zero-order valence-corrected chi connectivity index (χ0v) is 9.31. The molecule has 1 aliphatic rings. The van der Waals surface area contributed by atoms with Gasteiger partial charge in [-0.25, -0.2) is 4.68 Å². The SMILES string of the molecule is COC(C)Cn1cc(CNC2CC2)nn1. The molecule has 0 bridgehead atoms. The Bertz CT molecular complexity index is 308. The average molecular weight is 210 g/mol. The fourth-order valence-corrected chi connectivity index (χ4v) is 1.38. The lowest BCUT2D eigenvalue weighted by Gasteiger charge is -2.07. The molecule has 2 rings (SSSR count). The van der Waals surface area contributed by atoms with Crippen LogP contribution < -0.4 is 5.32 Å². The summed E-state index contributed by atoms with van der Waals surface area (Å²) in [6.45, 7) is 3.60. The van der Waals surface area contributed by atoms with Crippen molar-refractivity contribution in [2.45, 2.75) is 45.0 Å². The van der Waals surface area contributed by atoms with Gasteiger partial charge in [0.1, 0.15) is 0 Å². The Morgan fingerprint density at radius 3 is 3.13 bits per heavy atom. The third-order valence-electron chi connectivity index (χ3n) is 2.58. The number of ether oxygens (including phenoxy) is 1. The average Bonchev–Trinajstić information content (AvgIpc) is 2.97. The predicted molar refractivity (Wildman–Crippen MR) is 56.4 cm³/mol. The van der Waals surface area contributed by atoms with Crippen LogP contribution in [0.2, 0.25) is 0 Å². The third kappa shape index (κ3) is 3.28. The Kier molecular flexibility index (Phi) is 3.33. The van der Waals surface area contributed by atoms with E-state index in [2.05, 4.69) is 15.6 Å². The van der Waals surface area contributed by atoms with E-state index >= 15 is 0 Å². The van der Waals surface area contributed by atoms with Gasteiger partial charge in [0, 0.05) is 25.9 Å². The minimum absolute atomic E-state index is 0.177. The number of methoxy groups -OCH3 is 1. The normalized spacial score (nSPS) is 18.0. The molecule has 1 atom stereocenters. The molecule has 0 amide bonds. The summed E-state index contributed by atoms with van der Waals surface area (Å²) in [7, 11) is 1.71. The van der Waals surface area contributed by atoms with Gasteiger partial charge in [0.25, 0.3) is 0 Å². The highest BCUT2D eigenvalue weighted by molar-refractivity contribution is 4.94. The minimum Gasteiger partial charge on any atom is -0.380 e. The van der Waals surface area contributed by atoms with Gasteiger partial charge in [0.15, 0.2) is 0 Å². The van der Waals surface area contributed by atoms with Crippen LogP contribution in [0.1, 0.15) is 25.5 Å².